The van der Waals surface area contributed by atoms with E-state index in [0.717, 1.165) is 16.3 Å². The second-order valence-corrected chi connectivity index (χ2v) is 7.29. The molecule has 2 rings (SSSR count). The minimum absolute atomic E-state index is 0.0890. The summed E-state index contributed by atoms with van der Waals surface area (Å²) >= 11 is 0. The van der Waals surface area contributed by atoms with Crippen LogP contribution in [0.15, 0.2) is 36.4 Å². The van der Waals surface area contributed by atoms with Gasteiger partial charge in [-0.2, -0.15) is 0 Å². The van der Waals surface area contributed by atoms with Crippen molar-refractivity contribution < 1.29 is 13.5 Å². The van der Waals surface area contributed by atoms with Crippen LogP contribution in [0.5, 0.6) is 5.75 Å². The highest BCUT2D eigenvalue weighted by Gasteiger charge is 2.13. The van der Waals surface area contributed by atoms with E-state index in [-0.39, 0.29) is 17.5 Å². The summed E-state index contributed by atoms with van der Waals surface area (Å²) in [6.07, 6.45) is 1.22. The van der Waals surface area contributed by atoms with Gasteiger partial charge in [0.1, 0.15) is 15.6 Å². The lowest BCUT2D eigenvalue weighted by atomic mass is 10.0. The normalized spacial score (nSPS) is 13.5. The monoisotopic (exact) mass is 293 g/mol. The van der Waals surface area contributed by atoms with Gasteiger partial charge in [-0.25, -0.2) is 8.42 Å². The molecule has 2 aromatic carbocycles. The molecular weight excluding hydrogens is 274 g/mol. The van der Waals surface area contributed by atoms with Gasteiger partial charge in [0.05, 0.1) is 5.75 Å². The van der Waals surface area contributed by atoms with E-state index in [9.17, 15) is 13.5 Å². The number of hydrogen-bond donors (Lipinski definition) is 2. The first-order chi connectivity index (χ1) is 9.38. The molecule has 0 spiro atoms. The Hall–Kier alpha value is -1.59. The molecule has 0 fully saturated rings. The van der Waals surface area contributed by atoms with Gasteiger partial charge in [-0.05, 0) is 12.3 Å². The molecule has 1 atom stereocenters. The van der Waals surface area contributed by atoms with Gasteiger partial charge in [-0.15, -0.1) is 0 Å². The Bertz CT molecular complexity index is 710. The smallest absolute Gasteiger partial charge is 0.148 e. The van der Waals surface area contributed by atoms with E-state index in [1.165, 1.54) is 6.26 Å². The van der Waals surface area contributed by atoms with Crippen molar-refractivity contribution in [3.05, 3.63) is 42.0 Å². The molecule has 0 aromatic heterocycles. The summed E-state index contributed by atoms with van der Waals surface area (Å²) in [6, 6.07) is 11.3. The Morgan fingerprint density at radius 3 is 2.60 bits per heavy atom. The molecule has 0 aliphatic carbocycles. The Balaban J connectivity index is 2.18. The summed E-state index contributed by atoms with van der Waals surface area (Å²) in [5.74, 6) is 0.341. The quantitative estimate of drug-likeness (QED) is 0.887. The Labute approximate surface area is 119 Å². The van der Waals surface area contributed by atoms with Crippen LogP contribution in [0.25, 0.3) is 10.8 Å². The second kappa shape index (κ2) is 5.81. The Morgan fingerprint density at radius 2 is 1.90 bits per heavy atom. The highest BCUT2D eigenvalue weighted by molar-refractivity contribution is 7.90. The highest BCUT2D eigenvalue weighted by Crippen LogP contribution is 2.32. The van der Waals surface area contributed by atoms with Gasteiger partial charge in [-0.1, -0.05) is 36.4 Å². The topological polar surface area (TPSA) is 66.4 Å². The summed E-state index contributed by atoms with van der Waals surface area (Å²) in [5.41, 5.74) is 0.775. The maximum atomic E-state index is 11.1. The predicted octanol–water partition coefficient (Wildman–Crippen LogP) is 2.24. The molecule has 20 heavy (non-hydrogen) atoms. The van der Waals surface area contributed by atoms with Gasteiger partial charge >= 0.3 is 0 Å². The molecular formula is C15H19NO3S. The lowest BCUT2D eigenvalue weighted by Gasteiger charge is -2.16. The lowest BCUT2D eigenvalue weighted by molar-refractivity contribution is 0.461. The van der Waals surface area contributed by atoms with E-state index in [1.807, 2.05) is 43.3 Å². The molecule has 2 aromatic rings. The van der Waals surface area contributed by atoms with Crippen molar-refractivity contribution in [1.82, 2.24) is 5.32 Å². The molecule has 5 heteroatoms. The average molecular weight is 293 g/mol. The van der Waals surface area contributed by atoms with E-state index < -0.39 is 9.84 Å². The van der Waals surface area contributed by atoms with Crippen LogP contribution in [0.3, 0.4) is 0 Å². The zero-order chi connectivity index (χ0) is 14.8. The van der Waals surface area contributed by atoms with Crippen LogP contribution in [-0.4, -0.2) is 32.1 Å². The molecule has 0 amide bonds. The van der Waals surface area contributed by atoms with E-state index in [0.29, 0.717) is 6.54 Å². The molecule has 4 nitrogen and oxygen atoms in total. The van der Waals surface area contributed by atoms with Crippen molar-refractivity contribution in [1.29, 1.82) is 0 Å². The van der Waals surface area contributed by atoms with Crippen LogP contribution in [-0.2, 0) is 9.84 Å². The Morgan fingerprint density at radius 1 is 1.20 bits per heavy atom. The van der Waals surface area contributed by atoms with Gasteiger partial charge in [0.15, 0.2) is 0 Å². The van der Waals surface area contributed by atoms with E-state index in [1.54, 1.807) is 0 Å². The molecule has 0 aliphatic rings. The van der Waals surface area contributed by atoms with Gasteiger partial charge in [0.2, 0.25) is 0 Å². The molecule has 0 aliphatic heterocycles. The van der Waals surface area contributed by atoms with Crippen LogP contribution in [0, 0.1) is 0 Å². The van der Waals surface area contributed by atoms with Gasteiger partial charge in [-0.3, -0.25) is 0 Å². The fourth-order valence-electron chi connectivity index (χ4n) is 2.19. The number of phenols is 1. The molecule has 0 radical (unpaired) electrons. The Kier molecular flexibility index (Phi) is 4.30. The molecule has 2 N–H and O–H groups in total. The minimum atomic E-state index is -2.97. The van der Waals surface area contributed by atoms with Crippen molar-refractivity contribution in [2.45, 2.75) is 13.0 Å². The number of nitrogens with one attached hydrogen (secondary N) is 1. The molecule has 0 saturated heterocycles. The van der Waals surface area contributed by atoms with E-state index >= 15 is 0 Å². The van der Waals surface area contributed by atoms with Gasteiger partial charge in [0.25, 0.3) is 0 Å². The largest absolute Gasteiger partial charge is 0.507 e. The predicted molar refractivity (Wildman–Crippen MR) is 81.7 cm³/mol. The summed E-state index contributed by atoms with van der Waals surface area (Å²) in [5, 5.41) is 15.2. The minimum Gasteiger partial charge on any atom is -0.507 e. The van der Waals surface area contributed by atoms with Crippen molar-refractivity contribution in [2.24, 2.45) is 0 Å². The molecule has 0 heterocycles. The number of phenolic OH excluding ortho intramolecular Hbond substituents is 1. The van der Waals surface area contributed by atoms with Crippen LogP contribution >= 0.6 is 0 Å². The summed E-state index contributed by atoms with van der Waals surface area (Å²) < 4.78 is 22.2. The SMILES string of the molecule is CC(NCCS(C)(=O)=O)c1ccc2ccccc2c1O. The fraction of sp³-hybridized carbons (Fsp3) is 0.333. The van der Waals surface area contributed by atoms with Gasteiger partial charge in [0, 0.05) is 29.8 Å². The number of rotatable bonds is 5. The van der Waals surface area contributed by atoms with Crippen LogP contribution in [0.2, 0.25) is 0 Å². The molecule has 0 bridgehead atoms. The summed E-state index contributed by atoms with van der Waals surface area (Å²) in [4.78, 5) is 0. The molecule has 0 saturated carbocycles. The van der Waals surface area contributed by atoms with Gasteiger partial charge < -0.3 is 10.4 Å². The molecule has 108 valence electrons. The number of fused-ring (bicyclic) bond motifs is 1. The van der Waals surface area contributed by atoms with Crippen molar-refractivity contribution in [3.8, 4) is 5.75 Å². The first-order valence-electron chi connectivity index (χ1n) is 6.50. The zero-order valence-electron chi connectivity index (χ0n) is 11.6. The van der Waals surface area contributed by atoms with Crippen LogP contribution in [0.4, 0.5) is 0 Å². The summed E-state index contributed by atoms with van der Waals surface area (Å²) in [6.45, 7) is 2.28. The maximum absolute atomic E-state index is 11.1. The maximum Gasteiger partial charge on any atom is 0.148 e. The van der Waals surface area contributed by atoms with Crippen LogP contribution in [0.1, 0.15) is 18.5 Å². The third kappa shape index (κ3) is 3.49. The van der Waals surface area contributed by atoms with Crippen molar-refractivity contribution in [2.75, 3.05) is 18.6 Å². The lowest BCUT2D eigenvalue weighted by Crippen LogP contribution is -2.25. The second-order valence-electron chi connectivity index (χ2n) is 5.03. The highest BCUT2D eigenvalue weighted by atomic mass is 32.2. The fourth-order valence-corrected chi connectivity index (χ4v) is 2.68. The third-order valence-electron chi connectivity index (χ3n) is 3.32. The van der Waals surface area contributed by atoms with Crippen LogP contribution < -0.4 is 5.32 Å². The summed E-state index contributed by atoms with van der Waals surface area (Å²) in [7, 11) is -2.97. The number of sulfone groups is 1. The zero-order valence-corrected chi connectivity index (χ0v) is 12.4. The average Bonchev–Trinajstić information content (AvgIpc) is 2.38. The van der Waals surface area contributed by atoms with Crippen molar-refractivity contribution in [3.63, 3.8) is 0 Å². The van der Waals surface area contributed by atoms with Crippen molar-refractivity contribution >= 4 is 20.6 Å². The molecule has 1 unspecified atom stereocenters. The third-order valence-corrected chi connectivity index (χ3v) is 4.27. The first kappa shape index (κ1) is 14.8. The van der Waals surface area contributed by atoms with E-state index in [4.69, 9.17) is 0 Å². The number of hydrogen-bond acceptors (Lipinski definition) is 4. The van der Waals surface area contributed by atoms with E-state index in [2.05, 4.69) is 5.32 Å². The number of benzene rings is 2. The standard InChI is InChI=1S/C15H19NO3S/c1-11(16-9-10-20(2,18)19)13-8-7-12-5-3-4-6-14(12)15(13)17/h3-8,11,16-17H,9-10H2,1-2H3. The first-order valence-corrected chi connectivity index (χ1v) is 8.56. The number of aromatic hydroxyl groups is 1.